The number of benzene rings is 1. The number of likely N-dealkylation sites (N-methyl/N-ethyl adjacent to an activating group) is 1. The van der Waals surface area contributed by atoms with Crippen LogP contribution in [0.25, 0.3) is 5.57 Å². The molecule has 0 aliphatic heterocycles. The van der Waals surface area contributed by atoms with Crippen LogP contribution in [0.15, 0.2) is 30.3 Å². The van der Waals surface area contributed by atoms with E-state index in [0.717, 1.165) is 23.9 Å². The lowest BCUT2D eigenvalue weighted by atomic mass is 10.0. The van der Waals surface area contributed by atoms with Gasteiger partial charge in [0.25, 0.3) is 0 Å². The summed E-state index contributed by atoms with van der Waals surface area (Å²) in [5.74, 6) is 0. The smallest absolute Gasteiger partial charge is 0.0369 e. The van der Waals surface area contributed by atoms with Crippen molar-refractivity contribution in [1.29, 1.82) is 0 Å². The van der Waals surface area contributed by atoms with Gasteiger partial charge in [-0.15, -0.1) is 0 Å². The molecule has 0 saturated carbocycles. The first-order chi connectivity index (χ1) is 8.72. The minimum atomic E-state index is 0.928. The minimum absolute atomic E-state index is 0.928. The highest BCUT2D eigenvalue weighted by atomic mass is 127. The Morgan fingerprint density at radius 1 is 1.44 bits per heavy atom. The molecule has 0 atom stereocenters. The SMILES string of the molecule is CC/C(=C\CNC)c1cccc(N(C)CCI)c1. The summed E-state index contributed by atoms with van der Waals surface area (Å²) in [6.07, 6.45) is 3.35. The third-order valence-corrected chi connectivity index (χ3v) is 3.49. The molecule has 2 nitrogen and oxygen atoms in total. The Bertz CT molecular complexity index is 388. The quantitative estimate of drug-likeness (QED) is 0.592. The first-order valence-corrected chi connectivity index (χ1v) is 7.96. The van der Waals surface area contributed by atoms with E-state index in [1.807, 2.05) is 7.05 Å². The van der Waals surface area contributed by atoms with E-state index in [9.17, 15) is 0 Å². The maximum atomic E-state index is 3.17. The average molecular weight is 358 g/mol. The molecule has 0 aliphatic rings. The molecule has 1 aromatic carbocycles. The van der Waals surface area contributed by atoms with Crippen molar-refractivity contribution in [3.8, 4) is 0 Å². The van der Waals surface area contributed by atoms with E-state index in [-0.39, 0.29) is 0 Å². The number of alkyl halides is 1. The molecule has 1 rings (SSSR count). The topological polar surface area (TPSA) is 15.3 Å². The van der Waals surface area contributed by atoms with Gasteiger partial charge in [-0.2, -0.15) is 0 Å². The number of rotatable bonds is 7. The van der Waals surface area contributed by atoms with E-state index < -0.39 is 0 Å². The van der Waals surface area contributed by atoms with Crippen LogP contribution < -0.4 is 10.2 Å². The van der Waals surface area contributed by atoms with Crippen molar-refractivity contribution < 1.29 is 0 Å². The van der Waals surface area contributed by atoms with E-state index in [4.69, 9.17) is 0 Å². The Kier molecular flexibility index (Phi) is 7.35. The highest BCUT2D eigenvalue weighted by molar-refractivity contribution is 14.1. The first-order valence-electron chi connectivity index (χ1n) is 6.44. The molecule has 1 aromatic rings. The summed E-state index contributed by atoms with van der Waals surface area (Å²) in [7, 11) is 4.13. The van der Waals surface area contributed by atoms with Crippen LogP contribution in [-0.2, 0) is 0 Å². The van der Waals surface area contributed by atoms with Crippen molar-refractivity contribution in [2.45, 2.75) is 13.3 Å². The molecule has 100 valence electrons. The normalized spacial score (nSPS) is 11.7. The van der Waals surface area contributed by atoms with Crippen LogP contribution >= 0.6 is 22.6 Å². The van der Waals surface area contributed by atoms with Crippen LogP contribution in [0.5, 0.6) is 0 Å². The monoisotopic (exact) mass is 358 g/mol. The molecule has 0 heterocycles. The number of nitrogens with one attached hydrogen (secondary N) is 1. The number of allylic oxidation sites excluding steroid dienone is 1. The fourth-order valence-corrected chi connectivity index (χ4v) is 2.61. The summed E-state index contributed by atoms with van der Waals surface area (Å²) < 4.78 is 1.15. The van der Waals surface area contributed by atoms with Gasteiger partial charge in [-0.1, -0.05) is 47.7 Å². The molecule has 18 heavy (non-hydrogen) atoms. The van der Waals surface area contributed by atoms with Crippen LogP contribution in [0.3, 0.4) is 0 Å². The van der Waals surface area contributed by atoms with Crippen LogP contribution in [0.1, 0.15) is 18.9 Å². The van der Waals surface area contributed by atoms with Crippen molar-refractivity contribution in [2.75, 3.05) is 36.5 Å². The van der Waals surface area contributed by atoms with E-state index in [2.05, 4.69) is 77.1 Å². The molecule has 1 N–H and O–H groups in total. The number of anilines is 1. The number of halogens is 1. The Morgan fingerprint density at radius 3 is 2.83 bits per heavy atom. The zero-order valence-corrected chi connectivity index (χ0v) is 13.7. The van der Waals surface area contributed by atoms with Crippen molar-refractivity contribution in [3.05, 3.63) is 35.9 Å². The van der Waals surface area contributed by atoms with Gasteiger partial charge in [-0.05, 0) is 36.7 Å². The highest BCUT2D eigenvalue weighted by Crippen LogP contribution is 2.22. The van der Waals surface area contributed by atoms with E-state index >= 15 is 0 Å². The lowest BCUT2D eigenvalue weighted by Gasteiger charge is -2.19. The third-order valence-electron chi connectivity index (χ3n) is 3.01. The molecule has 0 fully saturated rings. The Morgan fingerprint density at radius 2 is 2.22 bits per heavy atom. The Balaban J connectivity index is 2.92. The van der Waals surface area contributed by atoms with Gasteiger partial charge in [0.2, 0.25) is 0 Å². The van der Waals surface area contributed by atoms with Gasteiger partial charge in [0, 0.05) is 30.3 Å². The molecule has 0 aliphatic carbocycles. The van der Waals surface area contributed by atoms with Gasteiger partial charge in [0.1, 0.15) is 0 Å². The summed E-state index contributed by atoms with van der Waals surface area (Å²) >= 11 is 2.42. The largest absolute Gasteiger partial charge is 0.374 e. The molecule has 0 saturated heterocycles. The van der Waals surface area contributed by atoms with E-state index in [1.165, 1.54) is 16.8 Å². The van der Waals surface area contributed by atoms with Crippen molar-refractivity contribution in [1.82, 2.24) is 5.32 Å². The Hall–Kier alpha value is -0.550. The van der Waals surface area contributed by atoms with Crippen LogP contribution in [0, 0.1) is 0 Å². The molecule has 0 spiro atoms. The van der Waals surface area contributed by atoms with Gasteiger partial charge < -0.3 is 10.2 Å². The maximum Gasteiger partial charge on any atom is 0.0369 e. The summed E-state index contributed by atoms with van der Waals surface area (Å²) in [5.41, 5.74) is 4.05. The summed E-state index contributed by atoms with van der Waals surface area (Å²) in [4.78, 5) is 2.31. The molecular formula is C15H23IN2. The zero-order valence-electron chi connectivity index (χ0n) is 11.5. The molecular weight excluding hydrogens is 335 g/mol. The van der Waals surface area contributed by atoms with Gasteiger partial charge >= 0.3 is 0 Å². The maximum absolute atomic E-state index is 3.17. The third kappa shape index (κ3) is 4.61. The minimum Gasteiger partial charge on any atom is -0.374 e. The fraction of sp³-hybridized carbons (Fsp3) is 0.467. The molecule has 0 aromatic heterocycles. The van der Waals surface area contributed by atoms with Gasteiger partial charge in [0.15, 0.2) is 0 Å². The van der Waals surface area contributed by atoms with Crippen LogP contribution in [0.4, 0.5) is 5.69 Å². The predicted octanol–water partition coefficient (Wildman–Crippen LogP) is 3.57. The molecule has 3 heteroatoms. The lowest BCUT2D eigenvalue weighted by molar-refractivity contribution is 0.917. The summed E-state index contributed by atoms with van der Waals surface area (Å²) in [6, 6.07) is 8.82. The van der Waals surface area contributed by atoms with Crippen molar-refractivity contribution >= 4 is 33.9 Å². The molecule has 0 radical (unpaired) electrons. The van der Waals surface area contributed by atoms with Gasteiger partial charge in [-0.25, -0.2) is 0 Å². The number of nitrogens with zero attached hydrogens (tertiary/aromatic N) is 1. The molecule has 0 bridgehead atoms. The second-order valence-corrected chi connectivity index (χ2v) is 5.38. The van der Waals surface area contributed by atoms with Crippen molar-refractivity contribution in [3.63, 3.8) is 0 Å². The highest BCUT2D eigenvalue weighted by Gasteiger charge is 2.03. The van der Waals surface area contributed by atoms with Gasteiger partial charge in [-0.3, -0.25) is 0 Å². The fourth-order valence-electron chi connectivity index (χ4n) is 1.89. The lowest BCUT2D eigenvalue weighted by Crippen LogP contribution is -2.19. The predicted molar refractivity (Wildman–Crippen MR) is 90.8 cm³/mol. The van der Waals surface area contributed by atoms with Crippen molar-refractivity contribution in [2.24, 2.45) is 0 Å². The standard InChI is InChI=1S/C15H23IN2/c1-4-13(8-10-17-2)14-6-5-7-15(12-14)18(3)11-9-16/h5-8,12,17H,4,9-11H2,1-3H3/b13-8+. The van der Waals surface area contributed by atoms with E-state index in [1.54, 1.807) is 0 Å². The zero-order chi connectivity index (χ0) is 13.4. The van der Waals surface area contributed by atoms with E-state index in [0.29, 0.717) is 0 Å². The second kappa shape index (κ2) is 8.53. The number of hydrogen-bond acceptors (Lipinski definition) is 2. The van der Waals surface area contributed by atoms with Crippen LogP contribution in [-0.4, -0.2) is 31.6 Å². The first kappa shape index (κ1) is 15.5. The second-order valence-electron chi connectivity index (χ2n) is 4.30. The average Bonchev–Trinajstić information content (AvgIpc) is 2.40. The van der Waals surface area contributed by atoms with Crippen LogP contribution in [0.2, 0.25) is 0 Å². The number of hydrogen-bond donors (Lipinski definition) is 1. The Labute approximate surface area is 125 Å². The summed E-state index contributed by atoms with van der Waals surface area (Å²) in [5, 5.41) is 3.17. The molecule has 0 amide bonds. The molecule has 0 unspecified atom stereocenters. The summed E-state index contributed by atoms with van der Waals surface area (Å²) in [6.45, 7) is 4.23. The van der Waals surface area contributed by atoms with Gasteiger partial charge in [0.05, 0.1) is 0 Å².